The number of benzene rings is 2. The minimum Gasteiger partial charge on any atom is -0.449 e. The van der Waals surface area contributed by atoms with E-state index in [-0.39, 0.29) is 15.6 Å². The van der Waals surface area contributed by atoms with E-state index in [1.807, 2.05) is 13.0 Å². The van der Waals surface area contributed by atoms with E-state index >= 15 is 0 Å². The molecule has 0 saturated carbocycles. The monoisotopic (exact) mass is 478 g/mol. The number of nitrogens with one attached hydrogen (secondary N) is 1. The fourth-order valence-electron chi connectivity index (χ4n) is 3.57. The van der Waals surface area contributed by atoms with Gasteiger partial charge in [-0.15, -0.1) is 0 Å². The standard InChI is InChI=1S/C23H27ClN2O5S/c1-15-7-9-19(16(2)13-15)23(28)31-17(3)22(27)25-21-14-18(8-10-20(21)24)32(29,30)26-11-5-4-6-12-26/h7-10,13-14,17H,4-6,11-12H2,1-3H3,(H,25,27). The lowest BCUT2D eigenvalue weighted by Crippen LogP contribution is -2.35. The van der Waals surface area contributed by atoms with Crippen LogP contribution in [0, 0.1) is 13.8 Å². The van der Waals surface area contributed by atoms with Crippen LogP contribution in [0.5, 0.6) is 0 Å². The molecule has 3 rings (SSSR count). The van der Waals surface area contributed by atoms with Crippen molar-refractivity contribution in [2.24, 2.45) is 0 Å². The molecule has 1 heterocycles. The average Bonchev–Trinajstić information content (AvgIpc) is 2.75. The number of hydrogen-bond acceptors (Lipinski definition) is 5. The molecule has 1 N–H and O–H groups in total. The number of ether oxygens (including phenoxy) is 1. The first-order valence-electron chi connectivity index (χ1n) is 10.5. The fourth-order valence-corrected chi connectivity index (χ4v) is 5.28. The molecule has 172 valence electrons. The van der Waals surface area contributed by atoms with Crippen LogP contribution in [0.4, 0.5) is 5.69 Å². The number of halogens is 1. The summed E-state index contributed by atoms with van der Waals surface area (Å²) in [4.78, 5) is 25.1. The summed E-state index contributed by atoms with van der Waals surface area (Å²) >= 11 is 6.19. The van der Waals surface area contributed by atoms with E-state index < -0.39 is 28.0 Å². The maximum Gasteiger partial charge on any atom is 0.339 e. The number of hydrogen-bond donors (Lipinski definition) is 1. The molecule has 1 fully saturated rings. The van der Waals surface area contributed by atoms with Gasteiger partial charge in [-0.1, -0.05) is 35.7 Å². The summed E-state index contributed by atoms with van der Waals surface area (Å²) < 4.78 is 32.6. The van der Waals surface area contributed by atoms with Gasteiger partial charge >= 0.3 is 5.97 Å². The van der Waals surface area contributed by atoms with Crippen LogP contribution in [0.1, 0.15) is 47.7 Å². The maximum atomic E-state index is 12.9. The van der Waals surface area contributed by atoms with Crippen molar-refractivity contribution < 1.29 is 22.7 Å². The Hall–Kier alpha value is -2.42. The van der Waals surface area contributed by atoms with Gasteiger partial charge in [-0.2, -0.15) is 4.31 Å². The van der Waals surface area contributed by atoms with E-state index in [0.717, 1.165) is 30.4 Å². The van der Waals surface area contributed by atoms with Gasteiger partial charge in [0.05, 0.1) is 21.2 Å². The summed E-state index contributed by atoms with van der Waals surface area (Å²) in [5, 5.41) is 2.76. The molecule has 1 aliphatic heterocycles. The Labute approximate surface area is 193 Å². The zero-order chi connectivity index (χ0) is 23.5. The highest BCUT2D eigenvalue weighted by Gasteiger charge is 2.27. The molecule has 0 radical (unpaired) electrons. The first kappa shape index (κ1) is 24.2. The Bertz CT molecular complexity index is 1130. The van der Waals surface area contributed by atoms with E-state index in [2.05, 4.69) is 5.32 Å². The minimum absolute atomic E-state index is 0.0547. The van der Waals surface area contributed by atoms with Crippen molar-refractivity contribution in [3.8, 4) is 0 Å². The van der Waals surface area contributed by atoms with Crippen LogP contribution in [-0.4, -0.2) is 43.8 Å². The second-order valence-corrected chi connectivity index (χ2v) is 10.3. The molecular formula is C23H27ClN2O5S. The molecule has 2 aromatic rings. The third kappa shape index (κ3) is 5.49. The largest absolute Gasteiger partial charge is 0.449 e. The Balaban J connectivity index is 1.72. The van der Waals surface area contributed by atoms with Gasteiger partial charge in [-0.05, 0) is 63.4 Å². The number of sulfonamides is 1. The molecule has 9 heteroatoms. The van der Waals surface area contributed by atoms with Crippen molar-refractivity contribution in [2.75, 3.05) is 18.4 Å². The van der Waals surface area contributed by atoms with Gasteiger partial charge < -0.3 is 10.1 Å². The lowest BCUT2D eigenvalue weighted by atomic mass is 10.1. The van der Waals surface area contributed by atoms with Gasteiger partial charge in [0.1, 0.15) is 0 Å². The van der Waals surface area contributed by atoms with Gasteiger partial charge in [0.15, 0.2) is 6.10 Å². The zero-order valence-corrected chi connectivity index (χ0v) is 19.9. The van der Waals surface area contributed by atoms with Crippen molar-refractivity contribution in [3.63, 3.8) is 0 Å². The molecule has 1 aliphatic rings. The van der Waals surface area contributed by atoms with E-state index in [0.29, 0.717) is 18.7 Å². The molecular weight excluding hydrogens is 452 g/mol. The second kappa shape index (κ2) is 10.0. The summed E-state index contributed by atoms with van der Waals surface area (Å²) in [6, 6.07) is 9.50. The molecule has 0 aromatic heterocycles. The first-order valence-corrected chi connectivity index (χ1v) is 12.3. The number of esters is 1. The molecule has 0 aliphatic carbocycles. The van der Waals surface area contributed by atoms with Crippen molar-refractivity contribution in [2.45, 2.75) is 51.0 Å². The van der Waals surface area contributed by atoms with Gasteiger partial charge in [-0.25, -0.2) is 13.2 Å². The summed E-state index contributed by atoms with van der Waals surface area (Å²) in [5.41, 5.74) is 2.28. The third-order valence-electron chi connectivity index (χ3n) is 5.40. The van der Waals surface area contributed by atoms with Crippen molar-refractivity contribution in [1.29, 1.82) is 0 Å². The number of carbonyl (C=O) groups excluding carboxylic acids is 2. The Morgan fingerprint density at radius 2 is 1.75 bits per heavy atom. The van der Waals surface area contributed by atoms with E-state index in [9.17, 15) is 18.0 Å². The molecule has 0 spiro atoms. The SMILES string of the molecule is Cc1ccc(C(=O)OC(C)C(=O)Nc2cc(S(=O)(=O)N3CCCCC3)ccc2Cl)c(C)c1. The van der Waals surface area contributed by atoms with Gasteiger partial charge in [0.25, 0.3) is 5.91 Å². The zero-order valence-electron chi connectivity index (χ0n) is 18.4. The summed E-state index contributed by atoms with van der Waals surface area (Å²) in [6.07, 6.45) is 1.54. The molecule has 0 bridgehead atoms. The summed E-state index contributed by atoms with van der Waals surface area (Å²) in [7, 11) is -3.68. The fraction of sp³-hybridized carbons (Fsp3) is 0.391. The third-order valence-corrected chi connectivity index (χ3v) is 7.63. The van der Waals surface area contributed by atoms with Crippen LogP contribution in [0.2, 0.25) is 5.02 Å². The first-order chi connectivity index (χ1) is 15.1. The molecule has 1 amide bonds. The van der Waals surface area contributed by atoms with Crippen LogP contribution in [0.3, 0.4) is 0 Å². The summed E-state index contributed by atoms with van der Waals surface area (Å²) in [6.45, 7) is 6.10. The van der Waals surface area contributed by atoms with Gasteiger partial charge in [0.2, 0.25) is 10.0 Å². The molecule has 1 saturated heterocycles. The van der Waals surface area contributed by atoms with Gasteiger partial charge in [-0.3, -0.25) is 4.79 Å². The minimum atomic E-state index is -3.68. The Morgan fingerprint density at radius 3 is 2.41 bits per heavy atom. The van der Waals surface area contributed by atoms with Crippen LogP contribution in [0.25, 0.3) is 0 Å². The van der Waals surface area contributed by atoms with E-state index in [1.165, 1.54) is 29.4 Å². The number of amides is 1. The lowest BCUT2D eigenvalue weighted by Gasteiger charge is -2.26. The molecule has 2 aromatic carbocycles. The molecule has 7 nitrogen and oxygen atoms in total. The maximum absolute atomic E-state index is 12.9. The predicted molar refractivity (Wildman–Crippen MR) is 123 cm³/mol. The summed E-state index contributed by atoms with van der Waals surface area (Å²) in [5.74, 6) is -1.23. The van der Waals surface area contributed by atoms with Crippen molar-refractivity contribution in [1.82, 2.24) is 4.31 Å². The number of carbonyl (C=O) groups is 2. The van der Waals surface area contributed by atoms with E-state index in [4.69, 9.17) is 16.3 Å². The Morgan fingerprint density at radius 1 is 1.06 bits per heavy atom. The molecule has 1 atom stereocenters. The molecule has 32 heavy (non-hydrogen) atoms. The van der Waals surface area contributed by atoms with Crippen LogP contribution in [-0.2, 0) is 19.6 Å². The predicted octanol–water partition coefficient (Wildman–Crippen LogP) is 4.32. The van der Waals surface area contributed by atoms with Crippen LogP contribution in [0.15, 0.2) is 41.3 Å². The van der Waals surface area contributed by atoms with Crippen LogP contribution >= 0.6 is 11.6 Å². The number of piperidine rings is 1. The highest BCUT2D eigenvalue weighted by Crippen LogP contribution is 2.28. The van der Waals surface area contributed by atoms with E-state index in [1.54, 1.807) is 19.1 Å². The number of anilines is 1. The number of rotatable bonds is 6. The Kier molecular flexibility index (Phi) is 7.59. The normalized spacial score (nSPS) is 15.8. The molecule has 1 unspecified atom stereocenters. The lowest BCUT2D eigenvalue weighted by molar-refractivity contribution is -0.123. The highest BCUT2D eigenvalue weighted by molar-refractivity contribution is 7.89. The second-order valence-electron chi connectivity index (χ2n) is 7.96. The topological polar surface area (TPSA) is 92.8 Å². The van der Waals surface area contributed by atoms with Crippen LogP contribution < -0.4 is 5.32 Å². The highest BCUT2D eigenvalue weighted by atomic mass is 35.5. The number of nitrogens with zero attached hydrogens (tertiary/aromatic N) is 1. The average molecular weight is 479 g/mol. The van der Waals surface area contributed by atoms with Crippen molar-refractivity contribution >= 4 is 39.2 Å². The van der Waals surface area contributed by atoms with Crippen molar-refractivity contribution in [3.05, 3.63) is 58.1 Å². The quantitative estimate of drug-likeness (QED) is 0.624. The smallest absolute Gasteiger partial charge is 0.339 e. The van der Waals surface area contributed by atoms with Gasteiger partial charge in [0, 0.05) is 13.1 Å². The number of aryl methyl sites for hydroxylation is 2.